The van der Waals surface area contributed by atoms with Gasteiger partial charge in [-0.25, -0.2) is 4.98 Å². The molecule has 2 heterocycles. The van der Waals surface area contributed by atoms with Crippen LogP contribution in [-0.4, -0.2) is 28.6 Å². The van der Waals surface area contributed by atoms with Crippen LogP contribution in [0.1, 0.15) is 53.3 Å². The van der Waals surface area contributed by atoms with Gasteiger partial charge in [-0.15, -0.1) is 0 Å². The Kier molecular flexibility index (Phi) is 6.82. The van der Waals surface area contributed by atoms with Crippen LogP contribution in [0.15, 0.2) is 60.7 Å². The summed E-state index contributed by atoms with van der Waals surface area (Å²) in [5.41, 5.74) is 7.93. The number of carbonyl (C=O) groups excluding carboxylic acids is 1. The second-order valence-corrected chi connectivity index (χ2v) is 10.2. The number of hydrogen-bond acceptors (Lipinski definition) is 3. The normalized spacial score (nSPS) is 15.7. The van der Waals surface area contributed by atoms with Crippen LogP contribution in [0.5, 0.6) is 5.75 Å². The quantitative estimate of drug-likeness (QED) is 0.265. The molecular formula is C31H35N3O2. The Labute approximate surface area is 213 Å². The number of aromatic nitrogens is 2. The maximum Gasteiger partial charge on any atom is 0.227 e. The average molecular weight is 482 g/mol. The summed E-state index contributed by atoms with van der Waals surface area (Å²) < 4.78 is 8.35. The van der Waals surface area contributed by atoms with Crippen LogP contribution in [0.2, 0.25) is 0 Å². The smallest absolute Gasteiger partial charge is 0.227 e. The number of nitrogens with zero attached hydrogens (tertiary/aromatic N) is 3. The van der Waals surface area contributed by atoms with E-state index >= 15 is 0 Å². The Morgan fingerprint density at radius 1 is 0.889 bits per heavy atom. The van der Waals surface area contributed by atoms with E-state index in [0.29, 0.717) is 19.6 Å². The Balaban J connectivity index is 1.30. The molecule has 1 aromatic heterocycles. The molecule has 1 saturated heterocycles. The molecule has 1 fully saturated rings. The predicted octanol–water partition coefficient (Wildman–Crippen LogP) is 6.65. The van der Waals surface area contributed by atoms with Crippen LogP contribution in [-0.2, 0) is 11.3 Å². The van der Waals surface area contributed by atoms with Crippen LogP contribution in [0.3, 0.4) is 0 Å². The van der Waals surface area contributed by atoms with Crippen molar-refractivity contribution in [3.63, 3.8) is 0 Å². The summed E-state index contributed by atoms with van der Waals surface area (Å²) in [6.07, 6.45) is 2.43. The zero-order valence-electron chi connectivity index (χ0n) is 21.8. The van der Waals surface area contributed by atoms with Crippen molar-refractivity contribution in [2.24, 2.45) is 0 Å². The van der Waals surface area contributed by atoms with Crippen molar-refractivity contribution in [2.75, 3.05) is 18.1 Å². The van der Waals surface area contributed by atoms with E-state index in [1.165, 1.54) is 22.3 Å². The average Bonchev–Trinajstić information content (AvgIpc) is 3.38. The fraction of sp³-hybridized carbons (Fsp3) is 0.355. The zero-order chi connectivity index (χ0) is 25.2. The first-order valence-corrected chi connectivity index (χ1v) is 12.9. The highest BCUT2D eigenvalue weighted by molar-refractivity contribution is 5.96. The van der Waals surface area contributed by atoms with E-state index in [1.807, 2.05) is 11.0 Å². The van der Waals surface area contributed by atoms with Crippen molar-refractivity contribution in [2.45, 2.75) is 59.4 Å². The van der Waals surface area contributed by atoms with Crippen molar-refractivity contribution < 1.29 is 9.53 Å². The maximum atomic E-state index is 13.1. The van der Waals surface area contributed by atoms with Gasteiger partial charge in [-0.1, -0.05) is 24.3 Å². The van der Waals surface area contributed by atoms with Gasteiger partial charge in [-0.3, -0.25) is 4.79 Å². The van der Waals surface area contributed by atoms with Crippen molar-refractivity contribution in [1.29, 1.82) is 0 Å². The summed E-state index contributed by atoms with van der Waals surface area (Å²) in [4.78, 5) is 20.0. The third kappa shape index (κ3) is 5.15. The molecule has 5 heteroatoms. The number of aryl methyl sites for hydroxylation is 5. The molecule has 0 spiro atoms. The van der Waals surface area contributed by atoms with E-state index in [1.54, 1.807) is 0 Å². The molecule has 5 nitrogen and oxygen atoms in total. The van der Waals surface area contributed by atoms with Crippen molar-refractivity contribution >= 4 is 22.6 Å². The van der Waals surface area contributed by atoms with Gasteiger partial charge < -0.3 is 14.2 Å². The lowest BCUT2D eigenvalue weighted by molar-refractivity contribution is -0.117. The molecular weight excluding hydrogens is 446 g/mol. The second kappa shape index (κ2) is 10.2. The van der Waals surface area contributed by atoms with Gasteiger partial charge in [0.2, 0.25) is 5.91 Å². The fourth-order valence-electron chi connectivity index (χ4n) is 5.46. The molecule has 4 aromatic rings. The van der Waals surface area contributed by atoms with E-state index in [4.69, 9.17) is 9.72 Å². The molecule has 0 N–H and O–H groups in total. The molecule has 3 aromatic carbocycles. The molecule has 1 atom stereocenters. The molecule has 36 heavy (non-hydrogen) atoms. The molecule has 1 aliphatic heterocycles. The summed E-state index contributed by atoms with van der Waals surface area (Å²) >= 11 is 0. The van der Waals surface area contributed by atoms with Crippen molar-refractivity contribution in [3.8, 4) is 5.75 Å². The Morgan fingerprint density at radius 2 is 1.56 bits per heavy atom. The number of amides is 1. The molecule has 1 aliphatic rings. The Bertz CT molecular complexity index is 1360. The summed E-state index contributed by atoms with van der Waals surface area (Å²) in [6.45, 7) is 10.6. The van der Waals surface area contributed by atoms with Gasteiger partial charge in [0.05, 0.1) is 17.6 Å². The number of benzene rings is 3. The minimum absolute atomic E-state index is 0.0808. The molecule has 1 amide bonds. The van der Waals surface area contributed by atoms with Crippen molar-refractivity contribution in [3.05, 3.63) is 88.7 Å². The van der Waals surface area contributed by atoms with Gasteiger partial charge in [0.25, 0.3) is 0 Å². The first-order valence-electron chi connectivity index (χ1n) is 12.9. The van der Waals surface area contributed by atoms with E-state index in [2.05, 4.69) is 86.9 Å². The number of unbranched alkanes of at least 4 members (excludes halogenated alkanes) is 1. The Morgan fingerprint density at radius 3 is 2.28 bits per heavy atom. The van der Waals surface area contributed by atoms with E-state index in [-0.39, 0.29) is 11.8 Å². The lowest BCUT2D eigenvalue weighted by Crippen LogP contribution is -2.24. The van der Waals surface area contributed by atoms with E-state index < -0.39 is 0 Å². The fourth-order valence-corrected chi connectivity index (χ4v) is 5.46. The third-order valence-corrected chi connectivity index (χ3v) is 6.93. The SMILES string of the molecule is Cc1cc(C)cc(OCCCCn2c(C3CC(=O)N(c4cc(C)cc(C)c4)C3)nc3ccccc32)c1. The number of fused-ring (bicyclic) bond motifs is 1. The maximum absolute atomic E-state index is 13.1. The number of para-hydroxylation sites is 2. The molecule has 0 aliphatic carbocycles. The largest absolute Gasteiger partial charge is 0.494 e. The molecule has 0 radical (unpaired) electrons. The van der Waals surface area contributed by atoms with Crippen LogP contribution in [0.25, 0.3) is 11.0 Å². The molecule has 0 bridgehead atoms. The van der Waals surface area contributed by atoms with Crippen molar-refractivity contribution in [1.82, 2.24) is 9.55 Å². The molecule has 186 valence electrons. The molecule has 0 saturated carbocycles. The monoisotopic (exact) mass is 481 g/mol. The van der Waals surface area contributed by atoms with Crippen LogP contribution in [0, 0.1) is 27.7 Å². The number of anilines is 1. The van der Waals surface area contributed by atoms with Gasteiger partial charge in [-0.05, 0) is 99.2 Å². The first kappa shape index (κ1) is 24.1. The van der Waals surface area contributed by atoms with Crippen LogP contribution >= 0.6 is 0 Å². The first-order chi connectivity index (χ1) is 17.4. The minimum Gasteiger partial charge on any atom is -0.494 e. The minimum atomic E-state index is 0.0808. The number of rotatable bonds is 8. The highest BCUT2D eigenvalue weighted by Crippen LogP contribution is 2.34. The highest BCUT2D eigenvalue weighted by Gasteiger charge is 2.35. The lowest BCUT2D eigenvalue weighted by Gasteiger charge is -2.19. The van der Waals surface area contributed by atoms with Gasteiger partial charge >= 0.3 is 0 Å². The lowest BCUT2D eigenvalue weighted by atomic mass is 10.1. The number of imidazole rings is 1. The third-order valence-electron chi connectivity index (χ3n) is 6.93. The summed E-state index contributed by atoms with van der Waals surface area (Å²) in [5, 5.41) is 0. The van der Waals surface area contributed by atoms with Gasteiger partial charge in [0, 0.05) is 31.1 Å². The predicted molar refractivity (Wildman–Crippen MR) is 146 cm³/mol. The van der Waals surface area contributed by atoms with E-state index in [9.17, 15) is 4.79 Å². The summed E-state index contributed by atoms with van der Waals surface area (Å²) in [7, 11) is 0. The molecule has 1 unspecified atom stereocenters. The second-order valence-electron chi connectivity index (χ2n) is 10.2. The Hall–Kier alpha value is -3.60. The summed E-state index contributed by atoms with van der Waals surface area (Å²) in [6, 6.07) is 21.0. The number of ether oxygens (including phenoxy) is 1. The van der Waals surface area contributed by atoms with Gasteiger partial charge in [0.15, 0.2) is 0 Å². The zero-order valence-corrected chi connectivity index (χ0v) is 21.8. The number of hydrogen-bond donors (Lipinski definition) is 0. The highest BCUT2D eigenvalue weighted by atomic mass is 16.5. The standard InChI is InChI=1S/C31H35N3O2/c1-21-13-22(2)16-26(15-21)34-20-25(19-30(34)35)31-32-28-9-5-6-10-29(28)33(31)11-7-8-12-36-27-17-23(3)14-24(4)18-27/h5-6,9-10,13-18,25H,7-8,11-12,19-20H2,1-4H3. The van der Waals surface area contributed by atoms with Gasteiger partial charge in [0.1, 0.15) is 11.6 Å². The number of carbonyl (C=O) groups is 1. The van der Waals surface area contributed by atoms with E-state index in [0.717, 1.165) is 47.7 Å². The molecule has 5 rings (SSSR count). The topological polar surface area (TPSA) is 47.4 Å². The van der Waals surface area contributed by atoms with Crippen LogP contribution < -0.4 is 9.64 Å². The summed E-state index contributed by atoms with van der Waals surface area (Å²) in [5.74, 6) is 2.21. The van der Waals surface area contributed by atoms with Crippen LogP contribution in [0.4, 0.5) is 5.69 Å². The van der Waals surface area contributed by atoms with Gasteiger partial charge in [-0.2, -0.15) is 0 Å².